The Morgan fingerprint density at radius 3 is 2.90 bits per heavy atom. The molecule has 2 N–H and O–H groups in total. The van der Waals surface area contributed by atoms with E-state index >= 15 is 0 Å². The summed E-state index contributed by atoms with van der Waals surface area (Å²) in [5.41, 5.74) is 0.718. The number of nitrogens with one attached hydrogen (secondary N) is 1. The summed E-state index contributed by atoms with van der Waals surface area (Å²) >= 11 is 0. The first-order chi connectivity index (χ1) is 9.97. The predicted octanol–water partition coefficient (Wildman–Crippen LogP) is 2.11. The maximum atomic E-state index is 12.2. The van der Waals surface area contributed by atoms with Crippen molar-refractivity contribution in [3.8, 4) is 0 Å². The van der Waals surface area contributed by atoms with Gasteiger partial charge in [-0.3, -0.25) is 4.98 Å². The van der Waals surface area contributed by atoms with Gasteiger partial charge in [0.1, 0.15) is 0 Å². The number of hydrogen-bond acceptors (Lipinski definition) is 3. The molecule has 6 nitrogen and oxygen atoms in total. The van der Waals surface area contributed by atoms with E-state index in [1.165, 1.54) is 18.3 Å². The minimum absolute atomic E-state index is 0.114. The van der Waals surface area contributed by atoms with Crippen LogP contribution in [0.1, 0.15) is 42.7 Å². The molecule has 2 atom stereocenters. The van der Waals surface area contributed by atoms with Crippen LogP contribution in [-0.2, 0) is 6.54 Å². The average molecular weight is 291 g/mol. The van der Waals surface area contributed by atoms with Gasteiger partial charge in [-0.15, -0.1) is 0 Å². The Labute approximate surface area is 124 Å². The molecule has 0 bridgehead atoms. The fourth-order valence-electron chi connectivity index (χ4n) is 2.68. The van der Waals surface area contributed by atoms with E-state index in [-0.39, 0.29) is 24.2 Å². The maximum absolute atomic E-state index is 12.2. The molecule has 2 heterocycles. The van der Waals surface area contributed by atoms with Crippen LogP contribution in [0.4, 0.5) is 4.79 Å². The third-order valence-corrected chi connectivity index (χ3v) is 3.88. The number of aromatic carboxylic acids is 1. The van der Waals surface area contributed by atoms with Crippen molar-refractivity contribution in [3.63, 3.8) is 0 Å². The van der Waals surface area contributed by atoms with Crippen LogP contribution in [0.15, 0.2) is 18.3 Å². The van der Waals surface area contributed by atoms with E-state index in [1.54, 1.807) is 0 Å². The van der Waals surface area contributed by atoms with E-state index < -0.39 is 5.97 Å². The van der Waals surface area contributed by atoms with E-state index in [9.17, 15) is 9.59 Å². The van der Waals surface area contributed by atoms with Crippen LogP contribution in [-0.4, -0.2) is 39.6 Å². The Kier molecular flexibility index (Phi) is 4.77. The van der Waals surface area contributed by atoms with Crippen molar-refractivity contribution in [1.29, 1.82) is 0 Å². The molecule has 2 unspecified atom stereocenters. The molecule has 21 heavy (non-hydrogen) atoms. The zero-order valence-electron chi connectivity index (χ0n) is 12.4. The number of carbonyl (C=O) groups is 2. The highest BCUT2D eigenvalue weighted by Gasteiger charge is 2.26. The molecule has 0 spiro atoms. The van der Waals surface area contributed by atoms with Gasteiger partial charge >= 0.3 is 12.0 Å². The molecule has 0 aromatic carbocycles. The Morgan fingerprint density at radius 2 is 2.24 bits per heavy atom. The molecule has 2 rings (SSSR count). The summed E-state index contributed by atoms with van der Waals surface area (Å²) < 4.78 is 0. The van der Waals surface area contributed by atoms with Crippen molar-refractivity contribution in [2.45, 2.75) is 39.3 Å². The lowest BCUT2D eigenvalue weighted by atomic mass is 9.94. The first-order valence-electron chi connectivity index (χ1n) is 7.20. The highest BCUT2D eigenvalue weighted by Crippen LogP contribution is 2.21. The second-order valence-electron chi connectivity index (χ2n) is 5.67. The first-order valence-corrected chi connectivity index (χ1v) is 7.20. The molecule has 6 heteroatoms. The lowest BCUT2D eigenvalue weighted by molar-refractivity contribution is 0.0696. The van der Waals surface area contributed by atoms with Crippen molar-refractivity contribution in [2.75, 3.05) is 6.54 Å². The standard InChI is InChI=1S/C15H21N3O3/c1-10-4-6-18(11(2)7-10)15(21)17-9-13-8-12(14(19)20)3-5-16-13/h3,5,8,10-11H,4,6-7,9H2,1-2H3,(H,17,21)(H,19,20). The Bertz CT molecular complexity index is 533. The topological polar surface area (TPSA) is 82.5 Å². The van der Waals surface area contributed by atoms with Crippen LogP contribution < -0.4 is 5.32 Å². The number of aromatic nitrogens is 1. The molecule has 2 amide bonds. The lowest BCUT2D eigenvalue weighted by Crippen LogP contribution is -2.48. The van der Waals surface area contributed by atoms with Crippen LogP contribution in [0, 0.1) is 5.92 Å². The molecule has 0 aliphatic carbocycles. The molecule has 0 radical (unpaired) electrons. The summed E-state index contributed by atoms with van der Waals surface area (Å²) in [5, 5.41) is 11.7. The summed E-state index contributed by atoms with van der Waals surface area (Å²) in [6, 6.07) is 3.02. The number of nitrogens with zero attached hydrogens (tertiary/aromatic N) is 2. The molecule has 1 aliphatic rings. The smallest absolute Gasteiger partial charge is 0.335 e. The minimum Gasteiger partial charge on any atom is -0.478 e. The number of urea groups is 1. The van der Waals surface area contributed by atoms with Gasteiger partial charge in [-0.1, -0.05) is 6.92 Å². The Hall–Kier alpha value is -2.11. The minimum atomic E-state index is -0.997. The number of likely N-dealkylation sites (tertiary alicyclic amines) is 1. The highest BCUT2D eigenvalue weighted by atomic mass is 16.4. The SMILES string of the molecule is CC1CCN(C(=O)NCc2cc(C(=O)O)ccn2)C(C)C1. The normalized spacial score (nSPS) is 21.9. The van der Waals surface area contributed by atoms with Gasteiger partial charge in [0, 0.05) is 18.8 Å². The van der Waals surface area contributed by atoms with Crippen molar-refractivity contribution in [1.82, 2.24) is 15.2 Å². The van der Waals surface area contributed by atoms with E-state index in [0.29, 0.717) is 11.6 Å². The molecule has 1 aliphatic heterocycles. The van der Waals surface area contributed by atoms with E-state index in [1.807, 2.05) is 4.90 Å². The maximum Gasteiger partial charge on any atom is 0.335 e. The Morgan fingerprint density at radius 1 is 1.48 bits per heavy atom. The molecular weight excluding hydrogens is 270 g/mol. The Balaban J connectivity index is 1.92. The van der Waals surface area contributed by atoms with Crippen LogP contribution in [0.5, 0.6) is 0 Å². The number of amides is 2. The summed E-state index contributed by atoms with van der Waals surface area (Å²) in [5.74, 6) is -0.346. The molecule has 0 saturated carbocycles. The van der Waals surface area contributed by atoms with Gasteiger partial charge in [0.2, 0.25) is 0 Å². The third kappa shape index (κ3) is 3.93. The zero-order valence-corrected chi connectivity index (χ0v) is 12.4. The third-order valence-electron chi connectivity index (χ3n) is 3.88. The first kappa shape index (κ1) is 15.3. The second kappa shape index (κ2) is 6.56. The van der Waals surface area contributed by atoms with Crippen LogP contribution in [0.25, 0.3) is 0 Å². The fourth-order valence-corrected chi connectivity index (χ4v) is 2.68. The monoisotopic (exact) mass is 291 g/mol. The summed E-state index contributed by atoms with van der Waals surface area (Å²) in [7, 11) is 0. The van der Waals surface area contributed by atoms with Crippen molar-refractivity contribution in [2.24, 2.45) is 5.92 Å². The van der Waals surface area contributed by atoms with Gasteiger partial charge in [0.25, 0.3) is 0 Å². The van der Waals surface area contributed by atoms with Crippen LogP contribution >= 0.6 is 0 Å². The number of piperidine rings is 1. The fraction of sp³-hybridized carbons (Fsp3) is 0.533. The molecule has 1 aromatic heterocycles. The average Bonchev–Trinajstić information content (AvgIpc) is 2.45. The van der Waals surface area contributed by atoms with Gasteiger partial charge in [-0.05, 0) is 37.8 Å². The lowest BCUT2D eigenvalue weighted by Gasteiger charge is -2.36. The molecule has 1 aromatic rings. The quantitative estimate of drug-likeness (QED) is 0.893. The van der Waals surface area contributed by atoms with Gasteiger partial charge < -0.3 is 15.3 Å². The van der Waals surface area contributed by atoms with Gasteiger partial charge in [0.05, 0.1) is 17.8 Å². The number of hydrogen-bond donors (Lipinski definition) is 2. The predicted molar refractivity (Wildman–Crippen MR) is 78.0 cm³/mol. The summed E-state index contributed by atoms with van der Waals surface area (Å²) in [4.78, 5) is 29.0. The second-order valence-corrected chi connectivity index (χ2v) is 5.67. The van der Waals surface area contributed by atoms with Gasteiger partial charge in [-0.2, -0.15) is 0 Å². The number of carboxylic acids is 1. The van der Waals surface area contributed by atoms with Crippen LogP contribution in [0.2, 0.25) is 0 Å². The molecule has 1 saturated heterocycles. The number of pyridine rings is 1. The van der Waals surface area contributed by atoms with Crippen LogP contribution in [0.3, 0.4) is 0 Å². The number of carbonyl (C=O) groups excluding carboxylic acids is 1. The highest BCUT2D eigenvalue weighted by molar-refractivity contribution is 5.87. The number of carboxylic acid groups (broad SMARTS) is 1. The number of rotatable bonds is 3. The van der Waals surface area contributed by atoms with E-state index in [0.717, 1.165) is 19.4 Å². The summed E-state index contributed by atoms with van der Waals surface area (Å²) in [6.45, 7) is 5.25. The van der Waals surface area contributed by atoms with E-state index in [4.69, 9.17) is 5.11 Å². The van der Waals surface area contributed by atoms with Gasteiger partial charge in [-0.25, -0.2) is 9.59 Å². The van der Waals surface area contributed by atoms with Crippen molar-refractivity contribution < 1.29 is 14.7 Å². The molecule has 114 valence electrons. The van der Waals surface area contributed by atoms with Crippen molar-refractivity contribution in [3.05, 3.63) is 29.6 Å². The largest absolute Gasteiger partial charge is 0.478 e. The van der Waals surface area contributed by atoms with E-state index in [2.05, 4.69) is 24.1 Å². The molecule has 1 fully saturated rings. The van der Waals surface area contributed by atoms with Crippen molar-refractivity contribution >= 4 is 12.0 Å². The zero-order chi connectivity index (χ0) is 15.4. The summed E-state index contributed by atoms with van der Waals surface area (Å²) in [6.07, 6.45) is 3.47. The van der Waals surface area contributed by atoms with Gasteiger partial charge in [0.15, 0.2) is 0 Å². The molecular formula is C15H21N3O3.